The molecule has 2 aromatic rings. The molecule has 0 spiro atoms. The van der Waals surface area contributed by atoms with Crippen LogP contribution in [0.4, 0.5) is 0 Å². The zero-order chi connectivity index (χ0) is 16.3. The van der Waals surface area contributed by atoms with E-state index in [9.17, 15) is 19.2 Å². The second kappa shape index (κ2) is 6.65. The van der Waals surface area contributed by atoms with E-state index >= 15 is 0 Å². The summed E-state index contributed by atoms with van der Waals surface area (Å²) in [5.74, 6) is -0.973. The number of aromatic nitrogens is 1. The summed E-state index contributed by atoms with van der Waals surface area (Å²) in [7, 11) is 0. The maximum atomic E-state index is 12.4. The SMILES string of the molecule is CC.O=C1CCC(n2c(=O)sc3ccccc3c2=O)C(=O)N1.[HH]. The number of hydrogen-bond acceptors (Lipinski definition) is 5. The molecule has 6 nitrogen and oxygen atoms in total. The van der Waals surface area contributed by atoms with Gasteiger partial charge in [-0.25, -0.2) is 0 Å². The van der Waals surface area contributed by atoms with Gasteiger partial charge in [0.1, 0.15) is 6.04 Å². The largest absolute Gasteiger partial charge is 0.311 e. The summed E-state index contributed by atoms with van der Waals surface area (Å²) in [6, 6.07) is 5.85. The predicted molar refractivity (Wildman–Crippen MR) is 87.2 cm³/mol. The Balaban J connectivity index is 0.000000849. The molecule has 1 unspecified atom stereocenters. The molecule has 1 fully saturated rings. The molecular formula is C15H18N2O4S. The fourth-order valence-electron chi connectivity index (χ4n) is 2.29. The molecule has 118 valence electrons. The lowest BCUT2D eigenvalue weighted by molar-refractivity contribution is -0.135. The molecular weight excluding hydrogens is 304 g/mol. The van der Waals surface area contributed by atoms with Crippen molar-refractivity contribution in [2.24, 2.45) is 0 Å². The summed E-state index contributed by atoms with van der Waals surface area (Å²) in [5, 5.41) is 2.56. The molecule has 1 N–H and O–H groups in total. The van der Waals surface area contributed by atoms with Gasteiger partial charge in [-0.15, -0.1) is 0 Å². The predicted octanol–water partition coefficient (Wildman–Crippen LogP) is 1.67. The average Bonchev–Trinajstić information content (AvgIpc) is 2.51. The summed E-state index contributed by atoms with van der Waals surface area (Å²) in [4.78, 5) is 47.0. The summed E-state index contributed by atoms with van der Waals surface area (Å²) >= 11 is 0.921. The van der Waals surface area contributed by atoms with Gasteiger partial charge in [0.2, 0.25) is 11.8 Å². The van der Waals surface area contributed by atoms with Gasteiger partial charge in [0.25, 0.3) is 5.56 Å². The molecule has 0 radical (unpaired) electrons. The van der Waals surface area contributed by atoms with E-state index in [0.717, 1.165) is 15.9 Å². The highest BCUT2D eigenvalue weighted by atomic mass is 32.1. The first-order valence-electron chi connectivity index (χ1n) is 7.06. The average molecular weight is 322 g/mol. The Hall–Kier alpha value is -2.28. The van der Waals surface area contributed by atoms with Crippen molar-refractivity contribution in [1.29, 1.82) is 0 Å². The van der Waals surface area contributed by atoms with E-state index < -0.39 is 22.4 Å². The monoisotopic (exact) mass is 322 g/mol. The normalized spacial score (nSPS) is 17.6. The Morgan fingerprint density at radius 3 is 2.55 bits per heavy atom. The highest BCUT2D eigenvalue weighted by Crippen LogP contribution is 2.18. The van der Waals surface area contributed by atoms with Gasteiger partial charge in [0, 0.05) is 12.5 Å². The van der Waals surface area contributed by atoms with Crippen LogP contribution >= 0.6 is 11.3 Å². The quantitative estimate of drug-likeness (QED) is 0.809. The molecule has 2 amide bonds. The number of rotatable bonds is 1. The van der Waals surface area contributed by atoms with Crippen LogP contribution in [0.5, 0.6) is 0 Å². The van der Waals surface area contributed by atoms with Gasteiger partial charge in [-0.1, -0.05) is 37.3 Å². The number of carbonyl (C=O) groups excluding carboxylic acids is 2. The standard InChI is InChI=1S/C13H10N2O4S.C2H6.H2/c16-10-6-5-8(11(17)14-10)15-12(18)7-3-1-2-4-9(7)20-13(15)19;1-2;/h1-4,8H,5-6H2,(H,14,16,17);1-2H3;1H. The third-order valence-corrected chi connectivity index (χ3v) is 4.20. The van der Waals surface area contributed by atoms with Crippen LogP contribution < -0.4 is 15.7 Å². The maximum absolute atomic E-state index is 12.4. The Kier molecular flexibility index (Phi) is 4.87. The van der Waals surface area contributed by atoms with E-state index in [1.54, 1.807) is 24.3 Å². The summed E-state index contributed by atoms with van der Waals surface area (Å²) < 4.78 is 1.54. The van der Waals surface area contributed by atoms with Crippen LogP contribution in [0.1, 0.15) is 34.2 Å². The molecule has 1 saturated heterocycles. The minimum absolute atomic E-state index is 0. The van der Waals surface area contributed by atoms with Gasteiger partial charge >= 0.3 is 4.87 Å². The summed E-state index contributed by atoms with van der Waals surface area (Å²) in [5.41, 5.74) is -0.487. The van der Waals surface area contributed by atoms with Gasteiger partial charge in [0.15, 0.2) is 0 Å². The van der Waals surface area contributed by atoms with Crippen LogP contribution in [0.15, 0.2) is 33.9 Å². The molecule has 1 atom stereocenters. The molecule has 1 aliphatic rings. The zero-order valence-corrected chi connectivity index (χ0v) is 13.1. The van der Waals surface area contributed by atoms with Crippen LogP contribution in [-0.2, 0) is 9.59 Å². The van der Waals surface area contributed by atoms with Gasteiger partial charge in [-0.2, -0.15) is 0 Å². The minimum atomic E-state index is -0.909. The molecule has 0 saturated carbocycles. The molecule has 1 aromatic carbocycles. The fourth-order valence-corrected chi connectivity index (χ4v) is 3.19. The highest BCUT2D eigenvalue weighted by molar-refractivity contribution is 7.16. The summed E-state index contributed by atoms with van der Waals surface area (Å²) in [6.45, 7) is 4.00. The molecule has 1 aliphatic heterocycles. The van der Waals surface area contributed by atoms with Crippen LogP contribution in [0.2, 0.25) is 0 Å². The van der Waals surface area contributed by atoms with Crippen molar-refractivity contribution < 1.29 is 11.0 Å². The Labute approximate surface area is 131 Å². The number of piperidine rings is 1. The van der Waals surface area contributed by atoms with Crippen LogP contribution in [0, 0.1) is 0 Å². The van der Waals surface area contributed by atoms with Crippen molar-refractivity contribution in [2.75, 3.05) is 0 Å². The molecule has 1 aromatic heterocycles. The van der Waals surface area contributed by atoms with Gasteiger partial charge in [-0.05, 0) is 18.6 Å². The Bertz CT molecular complexity index is 843. The third-order valence-electron chi connectivity index (χ3n) is 3.25. The first-order valence-corrected chi connectivity index (χ1v) is 7.87. The number of nitrogens with zero attached hydrogens (tertiary/aromatic N) is 1. The van der Waals surface area contributed by atoms with E-state index in [2.05, 4.69) is 5.32 Å². The fraction of sp³-hybridized carbons (Fsp3) is 0.333. The maximum Gasteiger partial charge on any atom is 0.311 e. The number of nitrogens with one attached hydrogen (secondary N) is 1. The molecule has 22 heavy (non-hydrogen) atoms. The van der Waals surface area contributed by atoms with Crippen LogP contribution in [-0.4, -0.2) is 16.4 Å². The number of imide groups is 1. The van der Waals surface area contributed by atoms with E-state index in [1.165, 1.54) is 0 Å². The summed E-state index contributed by atoms with van der Waals surface area (Å²) in [6.07, 6.45) is 0.296. The minimum Gasteiger partial charge on any atom is -0.295 e. The van der Waals surface area contributed by atoms with Crippen molar-refractivity contribution in [3.05, 3.63) is 44.3 Å². The highest BCUT2D eigenvalue weighted by Gasteiger charge is 2.30. The first-order chi connectivity index (χ1) is 10.6. The number of fused-ring (bicyclic) bond motifs is 1. The van der Waals surface area contributed by atoms with Gasteiger partial charge in [-0.3, -0.25) is 29.1 Å². The second-order valence-corrected chi connectivity index (χ2v) is 5.50. The van der Waals surface area contributed by atoms with Crippen molar-refractivity contribution in [3.63, 3.8) is 0 Å². The number of benzene rings is 1. The lowest BCUT2D eigenvalue weighted by Crippen LogP contribution is -2.47. The van der Waals surface area contributed by atoms with Crippen molar-refractivity contribution >= 4 is 33.2 Å². The molecule has 3 rings (SSSR count). The Morgan fingerprint density at radius 2 is 1.86 bits per heavy atom. The van der Waals surface area contributed by atoms with E-state index in [4.69, 9.17) is 0 Å². The first kappa shape index (κ1) is 16.1. The molecule has 0 bridgehead atoms. The number of amides is 2. The van der Waals surface area contributed by atoms with Crippen molar-refractivity contribution in [3.8, 4) is 0 Å². The molecule has 7 heteroatoms. The van der Waals surface area contributed by atoms with Crippen LogP contribution in [0.3, 0.4) is 0 Å². The lowest BCUT2D eigenvalue weighted by atomic mass is 10.1. The van der Waals surface area contributed by atoms with E-state index in [1.807, 2.05) is 13.8 Å². The van der Waals surface area contributed by atoms with Crippen molar-refractivity contribution in [1.82, 2.24) is 9.88 Å². The third kappa shape index (κ3) is 2.85. The second-order valence-electron chi connectivity index (χ2n) is 4.51. The number of carbonyl (C=O) groups is 2. The molecule has 2 heterocycles. The smallest absolute Gasteiger partial charge is 0.295 e. The van der Waals surface area contributed by atoms with Gasteiger partial charge < -0.3 is 0 Å². The van der Waals surface area contributed by atoms with E-state index in [0.29, 0.717) is 10.1 Å². The van der Waals surface area contributed by atoms with Crippen LogP contribution in [0.25, 0.3) is 10.1 Å². The van der Waals surface area contributed by atoms with E-state index in [-0.39, 0.29) is 20.2 Å². The van der Waals surface area contributed by atoms with Crippen molar-refractivity contribution in [2.45, 2.75) is 32.7 Å². The topological polar surface area (TPSA) is 85.2 Å². The van der Waals surface area contributed by atoms with Gasteiger partial charge in [0.05, 0.1) is 5.39 Å². The lowest BCUT2D eigenvalue weighted by Gasteiger charge is -2.21. The Morgan fingerprint density at radius 1 is 1.18 bits per heavy atom. The zero-order valence-electron chi connectivity index (χ0n) is 12.3. The molecule has 0 aliphatic carbocycles. The number of hydrogen-bond donors (Lipinski definition) is 1.